The lowest BCUT2D eigenvalue weighted by molar-refractivity contribution is -0.115. The molecule has 1 aliphatic rings. The van der Waals surface area contributed by atoms with Gasteiger partial charge in [0.1, 0.15) is 9.96 Å². The summed E-state index contributed by atoms with van der Waals surface area (Å²) in [6.45, 7) is 3.54. The van der Waals surface area contributed by atoms with E-state index < -0.39 is 10.0 Å². The smallest absolute Gasteiger partial charge is 0.252 e. The minimum atomic E-state index is -3.45. The fourth-order valence-electron chi connectivity index (χ4n) is 3.03. The van der Waals surface area contributed by atoms with E-state index in [0.717, 1.165) is 24.1 Å². The van der Waals surface area contributed by atoms with E-state index in [4.69, 9.17) is 4.74 Å². The highest BCUT2D eigenvalue weighted by Gasteiger charge is 2.27. The highest BCUT2D eigenvalue weighted by molar-refractivity contribution is 7.91. The first kappa shape index (κ1) is 19.9. The van der Waals surface area contributed by atoms with Gasteiger partial charge in [0.25, 0.3) is 10.0 Å². The van der Waals surface area contributed by atoms with Crippen LogP contribution in [0, 0.1) is 0 Å². The zero-order valence-electron chi connectivity index (χ0n) is 15.3. The summed E-state index contributed by atoms with van der Waals surface area (Å²) in [7, 11) is -3.45. The van der Waals surface area contributed by atoms with Gasteiger partial charge in [0, 0.05) is 18.0 Å². The average molecular weight is 409 g/mol. The van der Waals surface area contributed by atoms with Crippen LogP contribution in [-0.2, 0) is 21.2 Å². The number of nitrogens with zero attached hydrogens (tertiary/aromatic N) is 1. The summed E-state index contributed by atoms with van der Waals surface area (Å²) in [4.78, 5) is 13.1. The van der Waals surface area contributed by atoms with Crippen molar-refractivity contribution in [2.75, 3.05) is 25.0 Å². The number of benzene rings is 1. The van der Waals surface area contributed by atoms with E-state index in [1.807, 2.05) is 19.1 Å². The molecule has 146 valence electrons. The Morgan fingerprint density at radius 1 is 1.15 bits per heavy atom. The third-order valence-corrected chi connectivity index (χ3v) is 7.79. The minimum absolute atomic E-state index is 0.126. The molecule has 0 aliphatic carbocycles. The maximum Gasteiger partial charge on any atom is 0.252 e. The van der Waals surface area contributed by atoms with Crippen LogP contribution in [0.15, 0.2) is 40.6 Å². The molecule has 6 nitrogen and oxygen atoms in total. The molecule has 0 radical (unpaired) electrons. The van der Waals surface area contributed by atoms with Gasteiger partial charge in [0.05, 0.1) is 18.7 Å². The van der Waals surface area contributed by atoms with E-state index in [9.17, 15) is 13.2 Å². The molecule has 1 aromatic carbocycles. The summed E-state index contributed by atoms with van der Waals surface area (Å²) in [5.74, 6) is 0.416. The molecular formula is C19H24N2O4S2. The van der Waals surface area contributed by atoms with Crippen molar-refractivity contribution in [2.24, 2.45) is 0 Å². The number of carbonyl (C=O) groups excluding carboxylic acids is 1. The van der Waals surface area contributed by atoms with Crippen LogP contribution in [0.3, 0.4) is 0 Å². The Hall–Kier alpha value is -1.90. The second-order valence-corrected chi connectivity index (χ2v) is 9.67. The van der Waals surface area contributed by atoms with Gasteiger partial charge in [-0.15, -0.1) is 11.3 Å². The number of thiophene rings is 1. The van der Waals surface area contributed by atoms with Crippen LogP contribution in [0.2, 0.25) is 0 Å². The van der Waals surface area contributed by atoms with Gasteiger partial charge in [0.2, 0.25) is 5.91 Å². The molecule has 1 saturated heterocycles. The van der Waals surface area contributed by atoms with E-state index in [0.29, 0.717) is 35.3 Å². The maximum atomic E-state index is 12.7. The van der Waals surface area contributed by atoms with E-state index in [1.165, 1.54) is 11.3 Å². The number of ether oxygens (including phenoxy) is 1. The highest BCUT2D eigenvalue weighted by atomic mass is 32.2. The second-order valence-electron chi connectivity index (χ2n) is 6.34. The van der Waals surface area contributed by atoms with E-state index in [1.54, 1.807) is 28.6 Å². The Morgan fingerprint density at radius 3 is 2.63 bits per heavy atom. The van der Waals surface area contributed by atoms with Gasteiger partial charge in [-0.3, -0.25) is 4.79 Å². The summed E-state index contributed by atoms with van der Waals surface area (Å²) in [5, 5.41) is 2.84. The van der Waals surface area contributed by atoms with Crippen molar-refractivity contribution >= 4 is 33.0 Å². The van der Waals surface area contributed by atoms with Gasteiger partial charge in [-0.05, 0) is 44.0 Å². The summed E-state index contributed by atoms with van der Waals surface area (Å²) < 4.78 is 32.8. The van der Waals surface area contributed by atoms with Crippen LogP contribution in [-0.4, -0.2) is 38.3 Å². The topological polar surface area (TPSA) is 75.7 Å². The van der Waals surface area contributed by atoms with Crippen LogP contribution in [0.4, 0.5) is 5.69 Å². The zero-order valence-corrected chi connectivity index (χ0v) is 16.9. The number of carbonyl (C=O) groups is 1. The first-order valence-corrected chi connectivity index (χ1v) is 11.4. The second kappa shape index (κ2) is 8.86. The molecule has 3 rings (SSSR count). The number of piperidine rings is 1. The molecule has 27 heavy (non-hydrogen) atoms. The summed E-state index contributed by atoms with van der Waals surface area (Å²) in [6, 6.07) is 10.6. The van der Waals surface area contributed by atoms with Crippen molar-refractivity contribution in [1.29, 1.82) is 0 Å². The average Bonchev–Trinajstić information content (AvgIpc) is 3.13. The standard InChI is InChI=1S/C19H24N2O4S2/c1-2-25-17-9-5-4-8-16(17)20-18(22)14-15-10-11-19(26-15)27(23,24)21-12-6-3-7-13-21/h4-5,8-11H,2-3,6-7,12-14H2,1H3,(H,20,22). The van der Waals surface area contributed by atoms with E-state index in [-0.39, 0.29) is 12.3 Å². The number of amides is 1. The number of para-hydroxylation sites is 2. The van der Waals surface area contributed by atoms with Crippen molar-refractivity contribution in [3.05, 3.63) is 41.3 Å². The van der Waals surface area contributed by atoms with Gasteiger partial charge in [-0.2, -0.15) is 4.31 Å². The first-order valence-electron chi connectivity index (χ1n) is 9.11. The largest absolute Gasteiger partial charge is 0.492 e. The predicted octanol–water partition coefficient (Wildman–Crippen LogP) is 3.50. The van der Waals surface area contributed by atoms with Crippen LogP contribution in [0.25, 0.3) is 0 Å². The van der Waals surface area contributed by atoms with Crippen molar-refractivity contribution in [1.82, 2.24) is 4.31 Å². The number of hydrogen-bond acceptors (Lipinski definition) is 5. The molecule has 0 saturated carbocycles. The molecule has 0 bridgehead atoms. The number of nitrogens with one attached hydrogen (secondary N) is 1. The van der Waals surface area contributed by atoms with Gasteiger partial charge >= 0.3 is 0 Å². The van der Waals surface area contributed by atoms with Crippen molar-refractivity contribution < 1.29 is 17.9 Å². The molecule has 1 N–H and O–H groups in total. The Kier molecular flexibility index (Phi) is 6.51. The molecule has 0 unspecified atom stereocenters. The summed E-state index contributed by atoms with van der Waals surface area (Å²) >= 11 is 1.17. The molecule has 0 atom stereocenters. The molecule has 2 aromatic rings. The summed E-state index contributed by atoms with van der Waals surface area (Å²) in [5.41, 5.74) is 0.613. The molecule has 1 fully saturated rings. The lowest BCUT2D eigenvalue weighted by Crippen LogP contribution is -2.35. The van der Waals surface area contributed by atoms with Crippen LogP contribution in [0.1, 0.15) is 31.1 Å². The minimum Gasteiger partial charge on any atom is -0.492 e. The number of anilines is 1. The molecule has 1 aliphatic heterocycles. The van der Waals surface area contributed by atoms with Crippen LogP contribution in [0.5, 0.6) is 5.75 Å². The van der Waals surface area contributed by atoms with Gasteiger partial charge in [0.15, 0.2) is 0 Å². The lowest BCUT2D eigenvalue weighted by atomic mass is 10.2. The van der Waals surface area contributed by atoms with Gasteiger partial charge in [-0.1, -0.05) is 18.6 Å². The SMILES string of the molecule is CCOc1ccccc1NC(=O)Cc1ccc(S(=O)(=O)N2CCCCC2)s1. The van der Waals surface area contributed by atoms with Crippen molar-refractivity contribution in [3.63, 3.8) is 0 Å². The van der Waals surface area contributed by atoms with E-state index >= 15 is 0 Å². The van der Waals surface area contributed by atoms with Gasteiger partial charge in [-0.25, -0.2) is 8.42 Å². The molecule has 8 heteroatoms. The molecule has 0 spiro atoms. The monoisotopic (exact) mass is 408 g/mol. The van der Waals surface area contributed by atoms with E-state index in [2.05, 4.69) is 5.32 Å². The summed E-state index contributed by atoms with van der Waals surface area (Å²) in [6.07, 6.45) is 3.00. The van der Waals surface area contributed by atoms with Crippen LogP contribution < -0.4 is 10.1 Å². The molecule has 2 heterocycles. The Balaban J connectivity index is 1.66. The number of sulfonamides is 1. The Labute approximate surface area is 164 Å². The quantitative estimate of drug-likeness (QED) is 0.761. The van der Waals surface area contributed by atoms with Crippen molar-refractivity contribution in [2.45, 2.75) is 36.8 Å². The predicted molar refractivity (Wildman–Crippen MR) is 107 cm³/mol. The first-order chi connectivity index (χ1) is 13.0. The van der Waals surface area contributed by atoms with Crippen LogP contribution >= 0.6 is 11.3 Å². The maximum absolute atomic E-state index is 12.7. The number of hydrogen-bond donors (Lipinski definition) is 1. The van der Waals surface area contributed by atoms with Crippen molar-refractivity contribution in [3.8, 4) is 5.75 Å². The third-order valence-electron chi connectivity index (χ3n) is 4.34. The Bertz CT molecular complexity index is 887. The fraction of sp³-hybridized carbons (Fsp3) is 0.421. The normalized spacial score (nSPS) is 15.4. The van der Waals surface area contributed by atoms with Gasteiger partial charge < -0.3 is 10.1 Å². The zero-order chi connectivity index (χ0) is 19.3. The molecular weight excluding hydrogens is 384 g/mol. The number of rotatable bonds is 7. The lowest BCUT2D eigenvalue weighted by Gasteiger charge is -2.25. The molecule has 1 aromatic heterocycles. The fourth-order valence-corrected chi connectivity index (χ4v) is 6.05. The molecule has 1 amide bonds. The Morgan fingerprint density at radius 2 is 1.89 bits per heavy atom. The highest BCUT2D eigenvalue weighted by Crippen LogP contribution is 2.28. The third kappa shape index (κ3) is 4.88.